The van der Waals surface area contributed by atoms with E-state index in [9.17, 15) is 9.90 Å². The highest BCUT2D eigenvalue weighted by molar-refractivity contribution is 5.96. The SMILES string of the molecule is COc1ccc(-n2c(C)cc(C(=O)NC(CCO)C3CC3)c2C)cc1. The molecule has 134 valence electrons. The summed E-state index contributed by atoms with van der Waals surface area (Å²) in [5, 5.41) is 12.3. The molecule has 2 aromatic rings. The van der Waals surface area contributed by atoms with E-state index in [2.05, 4.69) is 9.88 Å². The highest BCUT2D eigenvalue weighted by atomic mass is 16.5. The molecule has 2 N–H and O–H groups in total. The highest BCUT2D eigenvalue weighted by Crippen LogP contribution is 2.34. The summed E-state index contributed by atoms with van der Waals surface area (Å²) >= 11 is 0. The Bertz CT molecular complexity index is 745. The second kappa shape index (κ2) is 7.31. The molecule has 1 fully saturated rings. The molecule has 25 heavy (non-hydrogen) atoms. The average molecular weight is 342 g/mol. The Kier molecular flexibility index (Phi) is 5.13. The predicted molar refractivity (Wildman–Crippen MR) is 97.5 cm³/mol. The van der Waals surface area contributed by atoms with Crippen LogP contribution in [0.3, 0.4) is 0 Å². The first-order valence-corrected chi connectivity index (χ1v) is 8.80. The average Bonchev–Trinajstić information content (AvgIpc) is 3.40. The van der Waals surface area contributed by atoms with Crippen molar-refractivity contribution in [1.29, 1.82) is 0 Å². The zero-order chi connectivity index (χ0) is 18.0. The molecule has 0 bridgehead atoms. The first-order chi connectivity index (χ1) is 12.0. The number of rotatable bonds is 7. The Morgan fingerprint density at radius 2 is 2.00 bits per heavy atom. The van der Waals surface area contributed by atoms with Crippen LogP contribution in [0.5, 0.6) is 5.75 Å². The van der Waals surface area contributed by atoms with Crippen molar-refractivity contribution in [3.05, 3.63) is 47.3 Å². The quantitative estimate of drug-likeness (QED) is 0.813. The van der Waals surface area contributed by atoms with E-state index >= 15 is 0 Å². The van der Waals surface area contributed by atoms with E-state index in [0.717, 1.165) is 35.7 Å². The largest absolute Gasteiger partial charge is 0.497 e. The van der Waals surface area contributed by atoms with Gasteiger partial charge in [-0.2, -0.15) is 0 Å². The number of aromatic nitrogens is 1. The molecular formula is C20H26N2O3. The Morgan fingerprint density at radius 3 is 2.56 bits per heavy atom. The summed E-state index contributed by atoms with van der Waals surface area (Å²) in [6, 6.07) is 9.80. The van der Waals surface area contributed by atoms with Gasteiger partial charge in [0.15, 0.2) is 0 Å². The maximum absolute atomic E-state index is 12.8. The van der Waals surface area contributed by atoms with Crippen LogP contribution in [0.1, 0.15) is 41.0 Å². The van der Waals surface area contributed by atoms with Crippen molar-refractivity contribution in [2.24, 2.45) is 5.92 Å². The lowest BCUT2D eigenvalue weighted by Gasteiger charge is -2.17. The normalized spacial score (nSPS) is 15.0. The molecule has 1 unspecified atom stereocenters. The van der Waals surface area contributed by atoms with Gasteiger partial charge in [-0.25, -0.2) is 0 Å². The van der Waals surface area contributed by atoms with Crippen molar-refractivity contribution >= 4 is 5.91 Å². The van der Waals surface area contributed by atoms with Gasteiger partial charge in [0.05, 0.1) is 12.7 Å². The number of amides is 1. The third-order valence-electron chi connectivity index (χ3n) is 4.95. The van der Waals surface area contributed by atoms with Crippen LogP contribution in [-0.2, 0) is 0 Å². The van der Waals surface area contributed by atoms with E-state index < -0.39 is 0 Å². The van der Waals surface area contributed by atoms with Gasteiger partial charge < -0.3 is 19.7 Å². The summed E-state index contributed by atoms with van der Waals surface area (Å²) in [4.78, 5) is 12.8. The number of aryl methyl sites for hydroxylation is 1. The van der Waals surface area contributed by atoms with Crippen LogP contribution in [0.4, 0.5) is 0 Å². The topological polar surface area (TPSA) is 63.5 Å². The van der Waals surface area contributed by atoms with Crippen LogP contribution >= 0.6 is 0 Å². The number of methoxy groups -OCH3 is 1. The predicted octanol–water partition coefficient (Wildman–Crippen LogP) is 2.99. The number of carbonyl (C=O) groups excluding carboxylic acids is 1. The van der Waals surface area contributed by atoms with E-state index in [1.165, 1.54) is 0 Å². The monoisotopic (exact) mass is 342 g/mol. The molecule has 1 heterocycles. The van der Waals surface area contributed by atoms with Crippen molar-refractivity contribution in [2.45, 2.75) is 39.2 Å². The lowest BCUT2D eigenvalue weighted by molar-refractivity contribution is 0.0923. The number of carbonyl (C=O) groups is 1. The number of hydrogen-bond acceptors (Lipinski definition) is 3. The van der Waals surface area contributed by atoms with Gasteiger partial charge in [-0.1, -0.05) is 0 Å². The minimum Gasteiger partial charge on any atom is -0.497 e. The van der Waals surface area contributed by atoms with E-state index in [-0.39, 0.29) is 18.6 Å². The second-order valence-corrected chi connectivity index (χ2v) is 6.75. The Morgan fingerprint density at radius 1 is 1.32 bits per heavy atom. The molecule has 1 aliphatic rings. The first-order valence-electron chi connectivity index (χ1n) is 8.80. The Labute approximate surface area is 148 Å². The lowest BCUT2D eigenvalue weighted by Crippen LogP contribution is -2.37. The smallest absolute Gasteiger partial charge is 0.253 e. The fourth-order valence-electron chi connectivity index (χ4n) is 3.43. The number of nitrogens with one attached hydrogen (secondary N) is 1. The summed E-state index contributed by atoms with van der Waals surface area (Å²) in [5.41, 5.74) is 3.62. The summed E-state index contributed by atoms with van der Waals surface area (Å²) in [6.45, 7) is 4.07. The molecule has 5 nitrogen and oxygen atoms in total. The van der Waals surface area contributed by atoms with Crippen LogP contribution in [0.25, 0.3) is 5.69 Å². The fraction of sp³-hybridized carbons (Fsp3) is 0.450. The maximum Gasteiger partial charge on any atom is 0.253 e. The van der Waals surface area contributed by atoms with E-state index in [1.54, 1.807) is 7.11 Å². The van der Waals surface area contributed by atoms with E-state index in [1.807, 2.05) is 44.2 Å². The highest BCUT2D eigenvalue weighted by Gasteiger charge is 2.32. The van der Waals surface area contributed by atoms with Crippen LogP contribution in [0, 0.1) is 19.8 Å². The standard InChI is InChI=1S/C20H26N2O3/c1-13-12-18(20(24)21-19(10-11-23)15-4-5-15)14(2)22(13)16-6-8-17(25-3)9-7-16/h6-9,12,15,19,23H,4-5,10-11H2,1-3H3,(H,21,24). The summed E-state index contributed by atoms with van der Waals surface area (Å²) < 4.78 is 7.29. The lowest BCUT2D eigenvalue weighted by atomic mass is 10.1. The van der Waals surface area contributed by atoms with Crippen molar-refractivity contribution in [1.82, 2.24) is 9.88 Å². The summed E-state index contributed by atoms with van der Waals surface area (Å²) in [6.07, 6.45) is 2.89. The number of aliphatic hydroxyl groups excluding tert-OH is 1. The molecule has 0 spiro atoms. The minimum absolute atomic E-state index is 0.0572. The van der Waals surface area contributed by atoms with Crippen molar-refractivity contribution in [3.63, 3.8) is 0 Å². The summed E-state index contributed by atoms with van der Waals surface area (Å²) in [5.74, 6) is 1.26. The number of hydrogen-bond donors (Lipinski definition) is 2. The van der Waals surface area contributed by atoms with Gasteiger partial charge in [0.1, 0.15) is 5.75 Å². The molecule has 1 aromatic carbocycles. The van der Waals surface area contributed by atoms with Crippen LogP contribution < -0.4 is 10.1 Å². The first kappa shape index (κ1) is 17.5. The third kappa shape index (κ3) is 3.71. The zero-order valence-corrected chi connectivity index (χ0v) is 15.1. The van der Waals surface area contributed by atoms with Gasteiger partial charge in [0.25, 0.3) is 5.91 Å². The van der Waals surface area contributed by atoms with Gasteiger partial charge in [-0.05, 0) is 69.4 Å². The fourth-order valence-corrected chi connectivity index (χ4v) is 3.43. The van der Waals surface area contributed by atoms with Crippen molar-refractivity contribution < 1.29 is 14.6 Å². The zero-order valence-electron chi connectivity index (χ0n) is 15.1. The van der Waals surface area contributed by atoms with Gasteiger partial charge in [0, 0.05) is 29.7 Å². The molecule has 3 rings (SSSR count). The molecule has 1 amide bonds. The molecule has 1 aliphatic carbocycles. The second-order valence-electron chi connectivity index (χ2n) is 6.75. The minimum atomic E-state index is -0.0572. The van der Waals surface area contributed by atoms with Crippen molar-refractivity contribution in [2.75, 3.05) is 13.7 Å². The van der Waals surface area contributed by atoms with Crippen LogP contribution in [0.2, 0.25) is 0 Å². The number of nitrogens with zero attached hydrogens (tertiary/aromatic N) is 1. The van der Waals surface area contributed by atoms with Gasteiger partial charge in [-0.15, -0.1) is 0 Å². The maximum atomic E-state index is 12.8. The third-order valence-corrected chi connectivity index (χ3v) is 4.95. The molecule has 0 aliphatic heterocycles. The molecule has 1 saturated carbocycles. The number of benzene rings is 1. The van der Waals surface area contributed by atoms with Crippen molar-refractivity contribution in [3.8, 4) is 11.4 Å². The molecule has 1 atom stereocenters. The van der Waals surface area contributed by atoms with E-state index in [0.29, 0.717) is 17.9 Å². The number of aliphatic hydroxyl groups is 1. The molecular weight excluding hydrogens is 316 g/mol. The van der Waals surface area contributed by atoms with Gasteiger partial charge in [0.2, 0.25) is 0 Å². The molecule has 0 saturated heterocycles. The van der Waals surface area contributed by atoms with E-state index in [4.69, 9.17) is 4.74 Å². The molecule has 1 aromatic heterocycles. The molecule has 0 radical (unpaired) electrons. The number of ether oxygens (including phenoxy) is 1. The van der Waals surface area contributed by atoms with Crippen LogP contribution in [0.15, 0.2) is 30.3 Å². The van der Waals surface area contributed by atoms with Gasteiger partial charge >= 0.3 is 0 Å². The molecule has 5 heteroatoms. The Balaban J connectivity index is 1.84. The van der Waals surface area contributed by atoms with Gasteiger partial charge in [-0.3, -0.25) is 4.79 Å². The van der Waals surface area contributed by atoms with Crippen LogP contribution in [-0.4, -0.2) is 35.3 Å². The summed E-state index contributed by atoms with van der Waals surface area (Å²) in [7, 11) is 1.65. The Hall–Kier alpha value is -2.27.